The van der Waals surface area contributed by atoms with Gasteiger partial charge in [-0.1, -0.05) is 54.2 Å². The predicted octanol–water partition coefficient (Wildman–Crippen LogP) is 5.91. The van der Waals surface area contributed by atoms with Crippen molar-refractivity contribution in [3.05, 3.63) is 83.8 Å². The van der Waals surface area contributed by atoms with Gasteiger partial charge in [0, 0.05) is 10.6 Å². The number of aromatic nitrogens is 3. The van der Waals surface area contributed by atoms with E-state index < -0.39 is 0 Å². The number of benzene rings is 2. The average molecular weight is 408 g/mol. The fourth-order valence-corrected chi connectivity index (χ4v) is 4.29. The minimum absolute atomic E-state index is 0.724. The van der Waals surface area contributed by atoms with Gasteiger partial charge in [-0.15, -0.1) is 22.0 Å². The van der Waals surface area contributed by atoms with Crippen molar-refractivity contribution in [2.75, 3.05) is 6.26 Å². The summed E-state index contributed by atoms with van der Waals surface area (Å²) < 4.78 is 7.67. The van der Waals surface area contributed by atoms with Crippen molar-refractivity contribution in [3.63, 3.8) is 0 Å². The van der Waals surface area contributed by atoms with Crippen LogP contribution in [-0.4, -0.2) is 21.0 Å². The molecule has 0 spiro atoms. The van der Waals surface area contributed by atoms with Crippen LogP contribution >= 0.6 is 23.5 Å². The lowest BCUT2D eigenvalue weighted by Gasteiger charge is -2.10. The number of rotatable bonds is 7. The van der Waals surface area contributed by atoms with E-state index in [1.54, 1.807) is 29.8 Å². The lowest BCUT2D eigenvalue weighted by Crippen LogP contribution is -2.04. The van der Waals surface area contributed by atoms with Gasteiger partial charge in [-0.3, -0.25) is 4.57 Å². The fraction of sp³-hybridized carbons (Fsp3) is 0.182. The molecule has 0 unspecified atom stereocenters. The normalized spacial score (nSPS) is 11.1. The highest BCUT2D eigenvalue weighted by Crippen LogP contribution is 2.29. The molecule has 0 aliphatic heterocycles. The predicted molar refractivity (Wildman–Crippen MR) is 116 cm³/mol. The highest BCUT2D eigenvalue weighted by atomic mass is 32.2. The highest BCUT2D eigenvalue weighted by Gasteiger charge is 2.18. The topological polar surface area (TPSA) is 43.9 Å². The second-order valence-electron chi connectivity index (χ2n) is 6.41. The Bertz CT molecular complexity index is 1040. The van der Waals surface area contributed by atoms with Crippen LogP contribution in [0.4, 0.5) is 0 Å². The third-order valence-corrected chi connectivity index (χ3v) is 6.31. The summed E-state index contributed by atoms with van der Waals surface area (Å²) in [6, 6.07) is 21.0. The summed E-state index contributed by atoms with van der Waals surface area (Å²) in [6.45, 7) is 2.68. The van der Waals surface area contributed by atoms with Crippen molar-refractivity contribution in [1.29, 1.82) is 0 Å². The molecule has 2 aromatic heterocycles. The van der Waals surface area contributed by atoms with Crippen LogP contribution in [0.25, 0.3) is 11.4 Å². The number of thioether (sulfide) groups is 2. The Morgan fingerprint density at radius 3 is 2.39 bits per heavy atom. The fourth-order valence-electron chi connectivity index (χ4n) is 2.99. The zero-order chi connectivity index (χ0) is 19.3. The molecule has 142 valence electrons. The van der Waals surface area contributed by atoms with Gasteiger partial charge in [-0.25, -0.2) is 0 Å². The Labute approximate surface area is 173 Å². The maximum Gasteiger partial charge on any atom is 0.192 e. The number of hydrogen-bond acceptors (Lipinski definition) is 5. The summed E-state index contributed by atoms with van der Waals surface area (Å²) in [4.78, 5) is 1.28. The van der Waals surface area contributed by atoms with E-state index in [0.717, 1.165) is 34.6 Å². The van der Waals surface area contributed by atoms with Gasteiger partial charge in [-0.05, 0) is 42.5 Å². The van der Waals surface area contributed by atoms with Gasteiger partial charge in [0.2, 0.25) is 0 Å². The van der Waals surface area contributed by atoms with Crippen LogP contribution in [0.2, 0.25) is 0 Å². The maximum absolute atomic E-state index is 5.49. The summed E-state index contributed by atoms with van der Waals surface area (Å²) in [5.74, 6) is 2.55. The first-order valence-corrected chi connectivity index (χ1v) is 11.2. The molecule has 0 aliphatic rings. The number of nitrogens with zero attached hydrogens (tertiary/aromatic N) is 3. The van der Waals surface area contributed by atoms with Crippen LogP contribution in [-0.2, 0) is 12.3 Å². The maximum atomic E-state index is 5.49. The van der Waals surface area contributed by atoms with Gasteiger partial charge in [-0.2, -0.15) is 0 Å². The molecule has 28 heavy (non-hydrogen) atoms. The minimum atomic E-state index is 0.724. The summed E-state index contributed by atoms with van der Waals surface area (Å²) in [6.07, 6.45) is 3.79. The molecule has 4 aromatic rings. The van der Waals surface area contributed by atoms with E-state index in [1.807, 2.05) is 19.1 Å². The first-order chi connectivity index (χ1) is 13.7. The second kappa shape index (κ2) is 8.71. The van der Waals surface area contributed by atoms with E-state index >= 15 is 0 Å². The third kappa shape index (κ3) is 4.18. The zero-order valence-electron chi connectivity index (χ0n) is 15.8. The van der Waals surface area contributed by atoms with Crippen LogP contribution in [0.1, 0.15) is 16.9 Å². The molecule has 0 atom stereocenters. The van der Waals surface area contributed by atoms with E-state index in [4.69, 9.17) is 4.42 Å². The quantitative estimate of drug-likeness (QED) is 0.356. The molecule has 0 bridgehead atoms. The van der Waals surface area contributed by atoms with Gasteiger partial charge in [0.1, 0.15) is 5.76 Å². The largest absolute Gasteiger partial charge is 0.469 e. The van der Waals surface area contributed by atoms with E-state index in [-0.39, 0.29) is 0 Å². The molecular formula is C22H21N3OS2. The molecule has 6 heteroatoms. The van der Waals surface area contributed by atoms with Crippen LogP contribution in [0.3, 0.4) is 0 Å². The molecule has 0 fully saturated rings. The van der Waals surface area contributed by atoms with Gasteiger partial charge in [0.25, 0.3) is 0 Å². The lowest BCUT2D eigenvalue weighted by molar-refractivity contribution is 0.534. The molecule has 0 saturated carbocycles. The summed E-state index contributed by atoms with van der Waals surface area (Å²) in [5.41, 5.74) is 3.48. The van der Waals surface area contributed by atoms with Crippen LogP contribution in [0.5, 0.6) is 0 Å². The number of aryl methyl sites for hydroxylation is 1. The molecule has 2 aromatic carbocycles. The second-order valence-corrected chi connectivity index (χ2v) is 8.23. The molecule has 4 nitrogen and oxygen atoms in total. The number of furan rings is 1. The Hall–Kier alpha value is -2.44. The van der Waals surface area contributed by atoms with Gasteiger partial charge >= 0.3 is 0 Å². The first-order valence-electron chi connectivity index (χ1n) is 9.02. The van der Waals surface area contributed by atoms with Crippen molar-refractivity contribution in [3.8, 4) is 11.4 Å². The smallest absolute Gasteiger partial charge is 0.192 e. The van der Waals surface area contributed by atoms with Crippen molar-refractivity contribution in [2.45, 2.75) is 29.3 Å². The lowest BCUT2D eigenvalue weighted by atomic mass is 10.2. The Morgan fingerprint density at radius 2 is 1.71 bits per heavy atom. The average Bonchev–Trinajstić information content (AvgIpc) is 3.33. The molecule has 0 saturated heterocycles. The standard InChI is InChI=1S/C22H21N3OS2/c1-16-20(12-13-26-16)21-23-24-22(25(21)14-17-6-4-3-5-7-17)28-15-18-8-10-19(27-2)11-9-18/h3-13H,14-15H2,1-2H3. The summed E-state index contributed by atoms with van der Waals surface area (Å²) >= 11 is 3.47. The third-order valence-electron chi connectivity index (χ3n) is 4.53. The van der Waals surface area contributed by atoms with E-state index in [9.17, 15) is 0 Å². The van der Waals surface area contributed by atoms with Crippen molar-refractivity contribution >= 4 is 23.5 Å². The number of hydrogen-bond donors (Lipinski definition) is 0. The zero-order valence-corrected chi connectivity index (χ0v) is 17.5. The van der Waals surface area contributed by atoms with E-state index in [2.05, 4.69) is 69.6 Å². The minimum Gasteiger partial charge on any atom is -0.469 e. The van der Waals surface area contributed by atoms with Crippen LogP contribution in [0.15, 0.2) is 81.4 Å². The monoisotopic (exact) mass is 407 g/mol. The van der Waals surface area contributed by atoms with Gasteiger partial charge in [0.15, 0.2) is 11.0 Å². The SMILES string of the molecule is CSc1ccc(CSc2nnc(-c3ccoc3C)n2Cc2ccccc2)cc1. The molecule has 0 radical (unpaired) electrons. The Morgan fingerprint density at radius 1 is 0.929 bits per heavy atom. The molecule has 0 N–H and O–H groups in total. The Balaban J connectivity index is 1.62. The Kier molecular flexibility index (Phi) is 5.88. The van der Waals surface area contributed by atoms with Crippen LogP contribution in [0, 0.1) is 6.92 Å². The van der Waals surface area contributed by atoms with Gasteiger partial charge < -0.3 is 4.42 Å². The van der Waals surface area contributed by atoms with Gasteiger partial charge in [0.05, 0.1) is 18.4 Å². The van der Waals surface area contributed by atoms with E-state index in [1.165, 1.54) is 16.0 Å². The van der Waals surface area contributed by atoms with Crippen LogP contribution < -0.4 is 0 Å². The highest BCUT2D eigenvalue weighted by molar-refractivity contribution is 7.98. The summed E-state index contributed by atoms with van der Waals surface area (Å²) in [7, 11) is 0. The van der Waals surface area contributed by atoms with Crippen molar-refractivity contribution < 1.29 is 4.42 Å². The first kappa shape index (κ1) is 18.9. The molecule has 0 aliphatic carbocycles. The van der Waals surface area contributed by atoms with E-state index in [0.29, 0.717) is 0 Å². The molecule has 4 rings (SSSR count). The molecule has 2 heterocycles. The van der Waals surface area contributed by atoms with Crippen molar-refractivity contribution in [2.24, 2.45) is 0 Å². The molecule has 0 amide bonds. The summed E-state index contributed by atoms with van der Waals surface area (Å²) in [5, 5.41) is 9.88. The molecular weight excluding hydrogens is 386 g/mol. The van der Waals surface area contributed by atoms with Crippen molar-refractivity contribution in [1.82, 2.24) is 14.8 Å².